The van der Waals surface area contributed by atoms with Crippen molar-refractivity contribution in [2.75, 3.05) is 31.1 Å². The minimum atomic E-state index is -0.170. The molecule has 1 aromatic carbocycles. The van der Waals surface area contributed by atoms with Crippen LogP contribution in [0.25, 0.3) is 22.0 Å². The van der Waals surface area contributed by atoms with Crippen molar-refractivity contribution in [1.82, 2.24) is 20.2 Å². The molecule has 4 heterocycles. The lowest BCUT2D eigenvalue weighted by atomic mass is 9.92. The van der Waals surface area contributed by atoms with E-state index in [1.165, 1.54) is 6.42 Å². The van der Waals surface area contributed by atoms with Crippen molar-refractivity contribution in [3.8, 4) is 11.1 Å². The molecule has 6 rings (SSSR count). The Bertz CT molecular complexity index is 1550. The number of ketones is 1. The van der Waals surface area contributed by atoms with Crippen molar-refractivity contribution in [1.29, 1.82) is 0 Å². The van der Waals surface area contributed by atoms with Crippen molar-refractivity contribution < 1.29 is 9.59 Å². The van der Waals surface area contributed by atoms with Crippen LogP contribution in [0, 0.1) is 12.8 Å². The average Bonchev–Trinajstić information content (AvgIpc) is 3.61. The van der Waals surface area contributed by atoms with E-state index in [9.17, 15) is 9.59 Å². The average molecular weight is 538 g/mol. The summed E-state index contributed by atoms with van der Waals surface area (Å²) in [7, 11) is 0. The number of nitrogens with zero attached hydrogens (tertiary/aromatic N) is 3. The maximum Gasteiger partial charge on any atom is 0.252 e. The minimum Gasteiger partial charge on any atom is -0.355 e. The third-order valence-corrected chi connectivity index (χ3v) is 8.83. The van der Waals surface area contributed by atoms with Crippen molar-refractivity contribution in [3.63, 3.8) is 0 Å². The number of amides is 1. The molecular weight excluding hydrogens is 498 g/mol. The molecule has 2 aliphatic heterocycles. The first-order valence-electron chi connectivity index (χ1n) is 14.5. The molecule has 1 aliphatic carbocycles. The summed E-state index contributed by atoms with van der Waals surface area (Å²) in [6, 6.07) is 9.18. The summed E-state index contributed by atoms with van der Waals surface area (Å²) in [5, 5.41) is 7.62. The van der Waals surface area contributed by atoms with Gasteiger partial charge in [0, 0.05) is 78.1 Å². The third kappa shape index (κ3) is 4.77. The number of Topliss-reactive ketones (excluding diaryl/α,β-unsaturated/α-hetero) is 1. The molecule has 3 aromatic rings. The second-order valence-corrected chi connectivity index (χ2v) is 12.1. The molecule has 2 aromatic heterocycles. The van der Waals surface area contributed by atoms with E-state index in [2.05, 4.69) is 65.3 Å². The molecule has 2 saturated heterocycles. The Kier molecular flexibility index (Phi) is 6.87. The van der Waals surface area contributed by atoms with Gasteiger partial charge >= 0.3 is 0 Å². The number of aryl methyl sites for hydroxylation is 1. The lowest BCUT2D eigenvalue weighted by Crippen LogP contribution is -2.30. The molecule has 0 spiro atoms. The number of nitrogens with one attached hydrogen (secondary N) is 2. The van der Waals surface area contributed by atoms with Crippen LogP contribution < -0.4 is 15.5 Å². The highest BCUT2D eigenvalue weighted by Crippen LogP contribution is 2.34. The molecule has 7 nitrogen and oxygen atoms in total. The molecule has 0 saturated carbocycles. The van der Waals surface area contributed by atoms with Crippen LogP contribution in [0.15, 0.2) is 59.5 Å². The number of pyridine rings is 1. The molecule has 7 heteroatoms. The summed E-state index contributed by atoms with van der Waals surface area (Å²) in [6.45, 7) is 13.7. The number of fused-ring (bicyclic) bond motifs is 2. The largest absolute Gasteiger partial charge is 0.355 e. The Balaban J connectivity index is 1.33. The molecule has 2 N–H and O–H groups in total. The summed E-state index contributed by atoms with van der Waals surface area (Å²) in [4.78, 5) is 33.6. The van der Waals surface area contributed by atoms with Crippen molar-refractivity contribution in [3.05, 3.63) is 70.6 Å². The topological polar surface area (TPSA) is 79.3 Å². The van der Waals surface area contributed by atoms with Gasteiger partial charge in [-0.3, -0.25) is 9.59 Å². The van der Waals surface area contributed by atoms with Gasteiger partial charge in [-0.05, 0) is 94.5 Å². The summed E-state index contributed by atoms with van der Waals surface area (Å²) < 4.78 is 2.23. The highest BCUT2D eigenvalue weighted by atomic mass is 16.2. The monoisotopic (exact) mass is 537 g/mol. The molecule has 2 atom stereocenters. The number of benzene rings is 1. The maximum absolute atomic E-state index is 13.7. The molecular formula is C33H39N5O2. The predicted molar refractivity (Wildman–Crippen MR) is 161 cm³/mol. The molecule has 0 radical (unpaired) electrons. The first kappa shape index (κ1) is 26.5. The van der Waals surface area contributed by atoms with E-state index in [1.54, 1.807) is 0 Å². The third-order valence-electron chi connectivity index (χ3n) is 8.83. The predicted octanol–water partition coefficient (Wildman–Crippen LogP) is 5.36. The zero-order valence-electron chi connectivity index (χ0n) is 24.2. The zero-order valence-corrected chi connectivity index (χ0v) is 24.2. The summed E-state index contributed by atoms with van der Waals surface area (Å²) in [6.07, 6.45) is 7.74. The Labute approximate surface area is 236 Å². The normalized spacial score (nSPS) is 21.0. The molecule has 208 valence electrons. The highest BCUT2D eigenvalue weighted by molar-refractivity contribution is 6.10. The van der Waals surface area contributed by atoms with Crippen LogP contribution in [0.1, 0.15) is 62.5 Å². The number of carbonyl (C=O) groups excluding carboxylic acids is 2. The van der Waals surface area contributed by atoms with Crippen molar-refractivity contribution >= 4 is 28.4 Å². The summed E-state index contributed by atoms with van der Waals surface area (Å²) >= 11 is 0. The lowest BCUT2D eigenvalue weighted by molar-refractivity contribution is -0.115. The quantitative estimate of drug-likeness (QED) is 0.443. The maximum atomic E-state index is 13.7. The van der Waals surface area contributed by atoms with Gasteiger partial charge in [0.05, 0.1) is 0 Å². The van der Waals surface area contributed by atoms with Crippen molar-refractivity contribution in [2.45, 2.75) is 59.5 Å². The second kappa shape index (κ2) is 10.4. The van der Waals surface area contributed by atoms with Gasteiger partial charge in [0.2, 0.25) is 0 Å². The Morgan fingerprint density at radius 2 is 1.98 bits per heavy atom. The smallest absolute Gasteiger partial charge is 0.252 e. The van der Waals surface area contributed by atoms with E-state index < -0.39 is 0 Å². The number of hydrogen-bond donors (Lipinski definition) is 2. The molecule has 40 heavy (non-hydrogen) atoms. The van der Waals surface area contributed by atoms with E-state index in [4.69, 9.17) is 4.98 Å². The Hall–Kier alpha value is -3.71. The Morgan fingerprint density at radius 1 is 1.15 bits per heavy atom. The SMILES string of the molecule is CC1=CC(C)=C(CNC(=O)c2cc(-c3ccc(N4CC5CCNC5C4)nc3)cc3c2c(C)cn3C(C)C)C(=O)C1. The van der Waals surface area contributed by atoms with E-state index in [-0.39, 0.29) is 24.3 Å². The molecule has 3 aliphatic rings. The van der Waals surface area contributed by atoms with E-state index in [1.807, 2.05) is 32.2 Å². The van der Waals surface area contributed by atoms with Gasteiger partial charge in [-0.15, -0.1) is 0 Å². The van der Waals surface area contributed by atoms with Crippen LogP contribution in [-0.4, -0.2) is 53.5 Å². The van der Waals surface area contributed by atoms with Gasteiger partial charge in [0.1, 0.15) is 5.82 Å². The minimum absolute atomic E-state index is 0.0856. The van der Waals surface area contributed by atoms with Gasteiger partial charge < -0.3 is 20.1 Å². The first-order valence-corrected chi connectivity index (χ1v) is 14.5. The number of hydrogen-bond acceptors (Lipinski definition) is 5. The fourth-order valence-electron chi connectivity index (χ4n) is 6.73. The van der Waals surface area contributed by atoms with Crippen LogP contribution in [0.3, 0.4) is 0 Å². The van der Waals surface area contributed by atoms with E-state index >= 15 is 0 Å². The molecule has 0 bridgehead atoms. The van der Waals surface area contributed by atoms with Gasteiger partial charge in [-0.25, -0.2) is 4.98 Å². The summed E-state index contributed by atoms with van der Waals surface area (Å²) in [5.74, 6) is 1.63. The summed E-state index contributed by atoms with van der Waals surface area (Å²) in [5.41, 5.74) is 7.32. The fourth-order valence-corrected chi connectivity index (χ4v) is 6.73. The number of aromatic nitrogens is 2. The first-order chi connectivity index (χ1) is 19.2. The second-order valence-electron chi connectivity index (χ2n) is 12.1. The van der Waals surface area contributed by atoms with Crippen LogP contribution in [0.5, 0.6) is 0 Å². The fraction of sp³-hybridized carbons (Fsp3) is 0.424. The van der Waals surface area contributed by atoms with Crippen molar-refractivity contribution in [2.24, 2.45) is 5.92 Å². The van der Waals surface area contributed by atoms with Gasteiger partial charge in [-0.2, -0.15) is 0 Å². The van der Waals surface area contributed by atoms with Crippen LogP contribution in [0.4, 0.5) is 5.82 Å². The molecule has 1 amide bonds. The number of rotatable bonds is 6. The van der Waals surface area contributed by atoms with Crippen LogP contribution in [0.2, 0.25) is 0 Å². The number of carbonyl (C=O) groups is 2. The lowest BCUT2D eigenvalue weighted by Gasteiger charge is -2.19. The highest BCUT2D eigenvalue weighted by Gasteiger charge is 2.36. The van der Waals surface area contributed by atoms with Gasteiger partial charge in [-0.1, -0.05) is 11.6 Å². The molecule has 2 unspecified atom stereocenters. The van der Waals surface area contributed by atoms with E-state index in [0.29, 0.717) is 29.5 Å². The van der Waals surface area contributed by atoms with E-state index in [0.717, 1.165) is 64.2 Å². The van der Waals surface area contributed by atoms with Gasteiger partial charge in [0.25, 0.3) is 5.91 Å². The standard InChI is InChI=1S/C33H39N5O2/c1-19(2)38-16-22(5)32-26(33(40)36-15-27-21(4)10-20(3)11-30(27)39)12-25(13-29(32)38)23-6-7-31(35-14-23)37-17-24-8-9-34-28(24)18-37/h6-7,10,12-14,16,19,24,28,34H,8-9,11,15,17-18H2,1-5H3,(H,36,40). The van der Waals surface area contributed by atoms with Crippen LogP contribution >= 0.6 is 0 Å². The molecule has 2 fully saturated rings. The zero-order chi connectivity index (χ0) is 28.1. The van der Waals surface area contributed by atoms with Gasteiger partial charge in [0.15, 0.2) is 5.78 Å². The Morgan fingerprint density at radius 3 is 2.67 bits per heavy atom. The number of allylic oxidation sites excluding steroid dienone is 3. The van der Waals surface area contributed by atoms with Crippen LogP contribution in [-0.2, 0) is 4.79 Å². The number of anilines is 1.